The van der Waals surface area contributed by atoms with Gasteiger partial charge in [-0.05, 0) is 24.3 Å². The van der Waals surface area contributed by atoms with Crippen molar-refractivity contribution in [2.45, 2.75) is 17.9 Å². The number of carbonyl (C=O) groups excluding carboxylic acids is 1. The van der Waals surface area contributed by atoms with Crippen molar-refractivity contribution in [3.63, 3.8) is 0 Å². The molecular formula is C17H21ClN4O3S. The summed E-state index contributed by atoms with van der Waals surface area (Å²) in [6.07, 6.45) is 1.71. The van der Waals surface area contributed by atoms with Gasteiger partial charge in [0.1, 0.15) is 5.82 Å². The van der Waals surface area contributed by atoms with E-state index in [9.17, 15) is 13.2 Å². The molecule has 0 aliphatic rings. The van der Waals surface area contributed by atoms with Crippen molar-refractivity contribution < 1.29 is 13.2 Å². The fourth-order valence-corrected chi connectivity index (χ4v) is 3.60. The van der Waals surface area contributed by atoms with Gasteiger partial charge in [0.2, 0.25) is 15.9 Å². The second-order valence-corrected chi connectivity index (χ2v) is 7.97. The van der Waals surface area contributed by atoms with Crippen molar-refractivity contribution in [1.29, 1.82) is 0 Å². The van der Waals surface area contributed by atoms with E-state index in [1.54, 1.807) is 24.4 Å². The van der Waals surface area contributed by atoms with E-state index in [0.717, 1.165) is 11.4 Å². The molecule has 1 aromatic carbocycles. The number of benzene rings is 1. The molecule has 0 fully saturated rings. The standard InChI is InChI=1S/C17H21ClN4O3S/c1-22(2)17-13(5-4-9-19-17)12-20-16(23)8-10-21-26(24,25)15-7-3-6-14(18)11-15/h3-7,9,11,21H,8,10,12H2,1-2H3,(H,20,23). The summed E-state index contributed by atoms with van der Waals surface area (Å²) >= 11 is 5.80. The van der Waals surface area contributed by atoms with Gasteiger partial charge in [0.05, 0.1) is 4.90 Å². The minimum absolute atomic E-state index is 0.00570. The number of rotatable bonds is 8. The first-order valence-electron chi connectivity index (χ1n) is 7.93. The number of sulfonamides is 1. The first-order valence-corrected chi connectivity index (χ1v) is 9.79. The van der Waals surface area contributed by atoms with Crippen LogP contribution in [0.25, 0.3) is 0 Å². The summed E-state index contributed by atoms with van der Waals surface area (Å²) in [5, 5.41) is 3.10. The van der Waals surface area contributed by atoms with Crippen molar-refractivity contribution in [3.05, 3.63) is 53.2 Å². The molecule has 7 nitrogen and oxygen atoms in total. The Balaban J connectivity index is 1.84. The van der Waals surface area contributed by atoms with Crippen molar-refractivity contribution >= 4 is 33.3 Å². The molecular weight excluding hydrogens is 376 g/mol. The van der Waals surface area contributed by atoms with Gasteiger partial charge in [-0.3, -0.25) is 4.79 Å². The van der Waals surface area contributed by atoms with Gasteiger partial charge in [-0.2, -0.15) is 0 Å². The van der Waals surface area contributed by atoms with Crippen LogP contribution >= 0.6 is 11.6 Å². The van der Waals surface area contributed by atoms with E-state index in [4.69, 9.17) is 11.6 Å². The minimum atomic E-state index is -3.69. The van der Waals surface area contributed by atoms with Crippen LogP contribution in [0.1, 0.15) is 12.0 Å². The molecule has 0 unspecified atom stereocenters. The zero-order chi connectivity index (χ0) is 19.2. The molecule has 2 rings (SSSR count). The predicted octanol–water partition coefficient (Wildman–Crippen LogP) is 1.79. The van der Waals surface area contributed by atoms with E-state index >= 15 is 0 Å². The van der Waals surface area contributed by atoms with E-state index in [1.165, 1.54) is 12.1 Å². The molecule has 0 spiro atoms. The Morgan fingerprint density at radius 3 is 2.69 bits per heavy atom. The Hall–Kier alpha value is -2.16. The lowest BCUT2D eigenvalue weighted by atomic mass is 10.2. The molecule has 0 aliphatic carbocycles. The van der Waals surface area contributed by atoms with Crippen molar-refractivity contribution in [2.75, 3.05) is 25.5 Å². The fourth-order valence-electron chi connectivity index (χ4n) is 2.27. The molecule has 0 saturated heterocycles. The third-order valence-electron chi connectivity index (χ3n) is 3.52. The third kappa shape index (κ3) is 5.69. The van der Waals surface area contributed by atoms with Crippen LogP contribution in [0.4, 0.5) is 5.82 Å². The topological polar surface area (TPSA) is 91.4 Å². The first-order chi connectivity index (χ1) is 12.3. The Labute approximate surface area is 158 Å². The summed E-state index contributed by atoms with van der Waals surface area (Å²) in [6, 6.07) is 9.63. The van der Waals surface area contributed by atoms with Gasteiger partial charge in [-0.1, -0.05) is 23.7 Å². The zero-order valence-corrected chi connectivity index (χ0v) is 16.1. The average Bonchev–Trinajstić information content (AvgIpc) is 2.60. The van der Waals surface area contributed by atoms with Gasteiger partial charge >= 0.3 is 0 Å². The maximum atomic E-state index is 12.1. The maximum Gasteiger partial charge on any atom is 0.240 e. The molecule has 1 heterocycles. The highest BCUT2D eigenvalue weighted by Crippen LogP contribution is 2.15. The fraction of sp³-hybridized carbons (Fsp3) is 0.294. The number of hydrogen-bond donors (Lipinski definition) is 2. The highest BCUT2D eigenvalue weighted by atomic mass is 35.5. The minimum Gasteiger partial charge on any atom is -0.362 e. The van der Waals surface area contributed by atoms with Crippen molar-refractivity contribution in [1.82, 2.24) is 15.0 Å². The zero-order valence-electron chi connectivity index (χ0n) is 14.6. The van der Waals surface area contributed by atoms with E-state index in [-0.39, 0.29) is 23.8 Å². The molecule has 2 aromatic rings. The van der Waals surface area contributed by atoms with Crippen LogP contribution in [0.5, 0.6) is 0 Å². The lowest BCUT2D eigenvalue weighted by Crippen LogP contribution is -2.31. The van der Waals surface area contributed by atoms with Crippen LogP contribution in [0.2, 0.25) is 5.02 Å². The average molecular weight is 397 g/mol. The molecule has 1 amide bonds. The second-order valence-electron chi connectivity index (χ2n) is 5.76. The number of nitrogens with zero attached hydrogens (tertiary/aromatic N) is 2. The quantitative estimate of drug-likeness (QED) is 0.709. The van der Waals surface area contributed by atoms with E-state index in [0.29, 0.717) is 11.6 Å². The number of pyridine rings is 1. The van der Waals surface area contributed by atoms with Gasteiger partial charge < -0.3 is 10.2 Å². The molecule has 0 atom stereocenters. The number of halogens is 1. The predicted molar refractivity (Wildman–Crippen MR) is 102 cm³/mol. The Morgan fingerprint density at radius 1 is 1.23 bits per heavy atom. The maximum absolute atomic E-state index is 12.1. The van der Waals surface area contributed by atoms with Gasteiger partial charge in [0.15, 0.2) is 0 Å². The Kier molecular flexibility index (Phi) is 6.96. The van der Waals surface area contributed by atoms with Gasteiger partial charge in [-0.15, -0.1) is 0 Å². The summed E-state index contributed by atoms with van der Waals surface area (Å²) in [5.74, 6) is 0.516. The molecule has 140 valence electrons. The largest absolute Gasteiger partial charge is 0.362 e. The van der Waals surface area contributed by atoms with Crippen LogP contribution in [0.3, 0.4) is 0 Å². The summed E-state index contributed by atoms with van der Waals surface area (Å²) in [5.41, 5.74) is 0.880. The molecule has 0 radical (unpaired) electrons. The van der Waals surface area contributed by atoms with E-state index in [1.807, 2.05) is 25.1 Å². The SMILES string of the molecule is CN(C)c1ncccc1CNC(=O)CCNS(=O)(=O)c1cccc(Cl)c1. The lowest BCUT2D eigenvalue weighted by Gasteiger charge is -2.16. The normalized spacial score (nSPS) is 11.2. The lowest BCUT2D eigenvalue weighted by molar-refractivity contribution is -0.121. The number of anilines is 1. The molecule has 1 aromatic heterocycles. The second kappa shape index (κ2) is 8.98. The molecule has 9 heteroatoms. The Morgan fingerprint density at radius 2 is 2.00 bits per heavy atom. The van der Waals surface area contributed by atoms with Crippen LogP contribution in [-0.4, -0.2) is 39.9 Å². The van der Waals surface area contributed by atoms with Gasteiger partial charge in [0.25, 0.3) is 0 Å². The Bertz CT molecular complexity index is 872. The highest BCUT2D eigenvalue weighted by Gasteiger charge is 2.14. The summed E-state index contributed by atoms with van der Waals surface area (Å²) in [7, 11) is 0.0520. The van der Waals surface area contributed by atoms with Crippen molar-refractivity contribution in [2.24, 2.45) is 0 Å². The summed E-state index contributed by atoms with van der Waals surface area (Å²) < 4.78 is 26.7. The van der Waals surface area contributed by atoms with Crippen LogP contribution < -0.4 is 14.9 Å². The monoisotopic (exact) mass is 396 g/mol. The van der Waals surface area contributed by atoms with Crippen LogP contribution in [0.15, 0.2) is 47.5 Å². The highest BCUT2D eigenvalue weighted by molar-refractivity contribution is 7.89. The van der Waals surface area contributed by atoms with Gasteiger partial charge in [0, 0.05) is 50.4 Å². The van der Waals surface area contributed by atoms with Crippen LogP contribution in [-0.2, 0) is 21.4 Å². The summed E-state index contributed by atoms with van der Waals surface area (Å²) in [6.45, 7) is 0.315. The van der Waals surface area contributed by atoms with E-state index < -0.39 is 10.0 Å². The first kappa shape index (κ1) is 20.2. The molecule has 26 heavy (non-hydrogen) atoms. The number of aromatic nitrogens is 1. The van der Waals surface area contributed by atoms with Crippen molar-refractivity contribution in [3.8, 4) is 0 Å². The number of nitrogens with one attached hydrogen (secondary N) is 2. The summed E-state index contributed by atoms with van der Waals surface area (Å²) in [4.78, 5) is 18.2. The third-order valence-corrected chi connectivity index (χ3v) is 5.21. The number of amides is 1. The van der Waals surface area contributed by atoms with E-state index in [2.05, 4.69) is 15.0 Å². The van der Waals surface area contributed by atoms with Gasteiger partial charge in [-0.25, -0.2) is 18.1 Å². The molecule has 0 saturated carbocycles. The molecule has 0 aliphatic heterocycles. The molecule has 0 bridgehead atoms. The number of carbonyl (C=O) groups is 1. The van der Waals surface area contributed by atoms with Crippen LogP contribution in [0, 0.1) is 0 Å². The smallest absolute Gasteiger partial charge is 0.240 e. The molecule has 2 N–H and O–H groups in total. The number of hydrogen-bond acceptors (Lipinski definition) is 5.